The minimum atomic E-state index is -0.533. The van der Waals surface area contributed by atoms with Crippen LogP contribution < -0.4 is 10.6 Å². The summed E-state index contributed by atoms with van der Waals surface area (Å²) in [6.07, 6.45) is 0.964. The van der Waals surface area contributed by atoms with E-state index < -0.39 is 5.54 Å². The van der Waals surface area contributed by atoms with Crippen molar-refractivity contribution in [3.63, 3.8) is 0 Å². The Balaban J connectivity index is 1.22. The highest BCUT2D eigenvalue weighted by atomic mass is 35.5. The third kappa shape index (κ3) is 3.45. The lowest BCUT2D eigenvalue weighted by molar-refractivity contribution is 0.142. The van der Waals surface area contributed by atoms with Crippen molar-refractivity contribution < 1.29 is 4.79 Å². The highest BCUT2D eigenvalue weighted by Gasteiger charge is 2.46. The van der Waals surface area contributed by atoms with Gasteiger partial charge in [-0.3, -0.25) is 5.10 Å². The van der Waals surface area contributed by atoms with Gasteiger partial charge in [0, 0.05) is 22.9 Å². The highest BCUT2D eigenvalue weighted by molar-refractivity contribution is 6.28. The molecule has 2 aromatic carbocycles. The van der Waals surface area contributed by atoms with Gasteiger partial charge in [0.2, 0.25) is 5.28 Å². The second kappa shape index (κ2) is 7.70. The molecule has 2 aromatic heterocycles. The number of hydrogen-bond acceptors (Lipinski definition) is 5. The van der Waals surface area contributed by atoms with Crippen LogP contribution in [0.15, 0.2) is 54.6 Å². The standard InChI is InChI=1S/C25H24ClN7O/c1-25(2)20-17(13-33(25)24(34)28-19-12-16(19)14-8-4-3-5-9-14)22(32-31-20)29-21-15-10-6-7-11-18(15)27-23(26)30-21/h3-11,16,19H,12-13H2,1-2H3,(H,28,34)(H2,27,29,30,31,32)/t16-,19+/m1/s1. The Kier molecular flexibility index (Phi) is 4.74. The van der Waals surface area contributed by atoms with E-state index in [1.165, 1.54) is 5.56 Å². The first kappa shape index (κ1) is 20.9. The van der Waals surface area contributed by atoms with Gasteiger partial charge in [0.1, 0.15) is 5.82 Å². The number of urea groups is 1. The topological polar surface area (TPSA) is 98.8 Å². The summed E-state index contributed by atoms with van der Waals surface area (Å²) in [6.45, 7) is 4.49. The first-order valence-electron chi connectivity index (χ1n) is 11.3. The maximum Gasteiger partial charge on any atom is 0.318 e. The third-order valence-corrected chi connectivity index (χ3v) is 7.02. The van der Waals surface area contributed by atoms with Crippen molar-refractivity contribution in [1.82, 2.24) is 30.4 Å². The monoisotopic (exact) mass is 473 g/mol. The number of carbonyl (C=O) groups excluding carboxylic acids is 1. The molecule has 1 saturated carbocycles. The van der Waals surface area contributed by atoms with Gasteiger partial charge in [-0.05, 0) is 49.6 Å². The molecule has 3 N–H and O–H groups in total. The molecule has 8 nitrogen and oxygen atoms in total. The molecule has 0 saturated heterocycles. The number of para-hydroxylation sites is 1. The maximum absolute atomic E-state index is 13.3. The number of fused-ring (bicyclic) bond motifs is 2. The van der Waals surface area contributed by atoms with Crippen LogP contribution in [0.3, 0.4) is 0 Å². The molecule has 1 aliphatic heterocycles. The van der Waals surface area contributed by atoms with Gasteiger partial charge in [-0.25, -0.2) is 9.78 Å². The van der Waals surface area contributed by atoms with Crippen molar-refractivity contribution in [2.24, 2.45) is 0 Å². The van der Waals surface area contributed by atoms with Crippen molar-refractivity contribution in [2.45, 2.75) is 44.3 Å². The summed E-state index contributed by atoms with van der Waals surface area (Å²) in [5, 5.41) is 15.2. The van der Waals surface area contributed by atoms with Crippen LogP contribution in [-0.2, 0) is 12.1 Å². The maximum atomic E-state index is 13.3. The van der Waals surface area contributed by atoms with Gasteiger partial charge in [-0.15, -0.1) is 0 Å². The lowest BCUT2D eigenvalue weighted by Gasteiger charge is -2.32. The molecule has 4 aromatic rings. The molecule has 1 fully saturated rings. The highest BCUT2D eigenvalue weighted by Crippen LogP contribution is 2.44. The molecular formula is C25H24ClN7O. The molecule has 9 heteroatoms. The smallest absolute Gasteiger partial charge is 0.318 e. The van der Waals surface area contributed by atoms with E-state index >= 15 is 0 Å². The van der Waals surface area contributed by atoms with E-state index in [9.17, 15) is 4.79 Å². The average Bonchev–Trinajstić information content (AvgIpc) is 3.38. The average molecular weight is 474 g/mol. The third-order valence-electron chi connectivity index (χ3n) is 6.85. The normalized spacial score (nSPS) is 20.3. The Morgan fingerprint density at radius 2 is 1.85 bits per heavy atom. The van der Waals surface area contributed by atoms with E-state index in [0.717, 1.165) is 28.6 Å². The number of nitrogens with zero attached hydrogens (tertiary/aromatic N) is 4. The van der Waals surface area contributed by atoms with E-state index in [-0.39, 0.29) is 17.4 Å². The molecule has 2 atom stereocenters. The Labute approximate surface area is 201 Å². The van der Waals surface area contributed by atoms with Gasteiger partial charge in [0.05, 0.1) is 23.3 Å². The fourth-order valence-corrected chi connectivity index (χ4v) is 5.04. The number of hydrogen-bond donors (Lipinski definition) is 3. The molecule has 2 aliphatic rings. The number of aromatic nitrogens is 4. The van der Waals surface area contributed by atoms with Crippen molar-refractivity contribution in [2.75, 3.05) is 5.32 Å². The molecule has 0 unspecified atom stereocenters. The quantitative estimate of drug-likeness (QED) is 0.359. The molecule has 172 valence electrons. The lowest BCUT2D eigenvalue weighted by atomic mass is 10.0. The van der Waals surface area contributed by atoms with Crippen LogP contribution in [-0.4, -0.2) is 37.1 Å². The molecule has 2 amide bonds. The van der Waals surface area contributed by atoms with Crippen LogP contribution in [0.2, 0.25) is 5.28 Å². The van der Waals surface area contributed by atoms with Crippen LogP contribution in [0, 0.1) is 0 Å². The molecule has 6 rings (SSSR count). The van der Waals surface area contributed by atoms with E-state index in [1.807, 2.05) is 61.2 Å². The van der Waals surface area contributed by atoms with E-state index in [1.54, 1.807) is 0 Å². The fraction of sp³-hybridized carbons (Fsp3) is 0.280. The zero-order valence-electron chi connectivity index (χ0n) is 18.8. The summed E-state index contributed by atoms with van der Waals surface area (Å²) in [6, 6.07) is 18.1. The zero-order valence-corrected chi connectivity index (χ0v) is 19.6. The Morgan fingerprint density at radius 1 is 1.09 bits per heavy atom. The van der Waals surface area contributed by atoms with Gasteiger partial charge in [-0.2, -0.15) is 10.1 Å². The van der Waals surface area contributed by atoms with Crippen LogP contribution in [0.1, 0.15) is 43.0 Å². The van der Waals surface area contributed by atoms with E-state index in [2.05, 4.69) is 42.9 Å². The number of nitrogens with one attached hydrogen (secondary N) is 3. The SMILES string of the molecule is CC1(C)c2[nH]nc(Nc3nc(Cl)nc4ccccc34)c2CN1C(=O)N[C@H]1C[C@@H]1c1ccccc1. The predicted octanol–water partition coefficient (Wildman–Crippen LogP) is 5.07. The minimum absolute atomic E-state index is 0.0699. The van der Waals surface area contributed by atoms with Crippen molar-refractivity contribution in [3.8, 4) is 0 Å². The number of H-pyrrole nitrogens is 1. The summed E-state index contributed by atoms with van der Waals surface area (Å²) in [5.74, 6) is 1.59. The van der Waals surface area contributed by atoms with Crippen molar-refractivity contribution in [3.05, 3.63) is 76.7 Å². The number of halogens is 1. The number of carbonyl (C=O) groups is 1. The van der Waals surface area contributed by atoms with Crippen LogP contribution in [0.4, 0.5) is 16.4 Å². The van der Waals surface area contributed by atoms with Crippen molar-refractivity contribution in [1.29, 1.82) is 0 Å². The summed E-state index contributed by atoms with van der Waals surface area (Å²) >= 11 is 6.15. The number of anilines is 2. The predicted molar refractivity (Wildman–Crippen MR) is 131 cm³/mol. The molecule has 3 heterocycles. The van der Waals surface area contributed by atoms with Gasteiger partial charge in [0.25, 0.3) is 0 Å². The first-order valence-corrected chi connectivity index (χ1v) is 11.7. The number of amides is 2. The second-order valence-corrected chi connectivity index (χ2v) is 9.70. The molecule has 34 heavy (non-hydrogen) atoms. The largest absolute Gasteiger partial charge is 0.335 e. The van der Waals surface area contributed by atoms with Crippen molar-refractivity contribution >= 4 is 40.2 Å². The number of aromatic amines is 1. The van der Waals surface area contributed by atoms with Crippen LogP contribution >= 0.6 is 11.6 Å². The first-order chi connectivity index (χ1) is 16.4. The van der Waals surface area contributed by atoms with Gasteiger partial charge < -0.3 is 15.5 Å². The molecular weight excluding hydrogens is 450 g/mol. The zero-order chi connectivity index (χ0) is 23.4. The molecule has 0 bridgehead atoms. The summed E-state index contributed by atoms with van der Waals surface area (Å²) in [4.78, 5) is 23.8. The summed E-state index contributed by atoms with van der Waals surface area (Å²) in [5.41, 5.74) is 3.33. The molecule has 1 aliphatic carbocycles. The van der Waals surface area contributed by atoms with Crippen LogP contribution in [0.5, 0.6) is 0 Å². The Morgan fingerprint density at radius 3 is 2.68 bits per heavy atom. The van der Waals surface area contributed by atoms with Crippen LogP contribution in [0.25, 0.3) is 10.9 Å². The molecule has 0 spiro atoms. The summed E-state index contributed by atoms with van der Waals surface area (Å²) in [7, 11) is 0. The second-order valence-electron chi connectivity index (χ2n) is 9.36. The Bertz CT molecular complexity index is 1400. The van der Waals surface area contributed by atoms with E-state index in [4.69, 9.17) is 11.6 Å². The van der Waals surface area contributed by atoms with E-state index in [0.29, 0.717) is 24.1 Å². The van der Waals surface area contributed by atoms with Gasteiger partial charge in [0.15, 0.2) is 5.82 Å². The van der Waals surface area contributed by atoms with Gasteiger partial charge in [-0.1, -0.05) is 42.5 Å². The molecule has 0 radical (unpaired) electrons. The minimum Gasteiger partial charge on any atom is -0.335 e. The lowest BCUT2D eigenvalue weighted by Crippen LogP contribution is -2.47. The number of rotatable bonds is 4. The fourth-order valence-electron chi connectivity index (χ4n) is 4.86. The Hall–Kier alpha value is -3.65. The summed E-state index contributed by atoms with van der Waals surface area (Å²) < 4.78 is 0. The number of benzene rings is 2. The van der Waals surface area contributed by atoms with Gasteiger partial charge >= 0.3 is 6.03 Å².